The number of hydrogen-bond donors (Lipinski definition) is 1. The fourth-order valence-electron chi connectivity index (χ4n) is 2.51. The maximum atomic E-state index is 13.4. The average molecular weight is 392 g/mol. The van der Waals surface area contributed by atoms with E-state index in [1.165, 1.54) is 6.92 Å². The number of fused-ring (bicyclic) bond motifs is 1. The number of imidazole rings is 1. The van der Waals surface area contributed by atoms with Gasteiger partial charge in [-0.25, -0.2) is 4.98 Å². The van der Waals surface area contributed by atoms with E-state index in [1.54, 1.807) is 48.5 Å². The first kappa shape index (κ1) is 19.3. The third kappa shape index (κ3) is 4.64. The van der Waals surface area contributed by atoms with Crippen LogP contribution in [0, 0.1) is 0 Å². The number of hydrogen-bond acceptors (Lipinski definition) is 5. The van der Waals surface area contributed by atoms with Crippen LogP contribution in [0.1, 0.15) is 23.8 Å². The molecular formula is C19H18F2N2O3S. The zero-order valence-electron chi connectivity index (χ0n) is 14.5. The summed E-state index contributed by atoms with van der Waals surface area (Å²) in [5, 5.41) is 10.2. The molecule has 0 aliphatic rings. The topological polar surface area (TPSA) is 64.3 Å². The van der Waals surface area contributed by atoms with E-state index >= 15 is 0 Å². The summed E-state index contributed by atoms with van der Waals surface area (Å²) in [6, 6.07) is 13.2. The quantitative estimate of drug-likeness (QED) is 0.461. The number of aromatic nitrogens is 2. The molecule has 1 N–H and O–H groups in total. The highest BCUT2D eigenvalue weighted by Gasteiger charge is 2.19. The Morgan fingerprint density at radius 2 is 1.93 bits per heavy atom. The molecule has 1 aromatic heterocycles. The Morgan fingerprint density at radius 3 is 2.59 bits per heavy atom. The number of ketones is 1. The standard InChI is InChI=1S/C19H18F2N2O3S/c1-12(24)13-6-8-15(9-7-13)26-10-14(25)11-27-19-22-16-4-2-3-5-17(16)23(19)18(20)21/h2-9,14,18,25H,10-11H2,1H3. The molecule has 0 fully saturated rings. The van der Waals surface area contributed by atoms with Crippen LogP contribution in [0.25, 0.3) is 11.0 Å². The van der Waals surface area contributed by atoms with Crippen molar-refractivity contribution in [3.05, 3.63) is 54.1 Å². The third-order valence-corrected chi connectivity index (χ3v) is 4.96. The molecule has 5 nitrogen and oxygen atoms in total. The Kier molecular flexibility index (Phi) is 6.08. The number of thioether (sulfide) groups is 1. The van der Waals surface area contributed by atoms with Gasteiger partial charge < -0.3 is 9.84 Å². The van der Waals surface area contributed by atoms with Crippen molar-refractivity contribution in [2.75, 3.05) is 12.4 Å². The first-order valence-corrected chi connectivity index (χ1v) is 9.24. The van der Waals surface area contributed by atoms with Crippen molar-refractivity contribution in [1.82, 2.24) is 9.55 Å². The van der Waals surface area contributed by atoms with Crippen LogP contribution in [0.5, 0.6) is 5.75 Å². The number of para-hydroxylation sites is 2. The molecule has 3 aromatic rings. The number of halogens is 2. The lowest BCUT2D eigenvalue weighted by molar-refractivity contribution is 0.0655. The molecule has 2 aromatic carbocycles. The summed E-state index contributed by atoms with van der Waals surface area (Å²) < 4.78 is 33.1. The van der Waals surface area contributed by atoms with Crippen LogP contribution in [-0.4, -0.2) is 38.9 Å². The van der Waals surface area contributed by atoms with Gasteiger partial charge in [-0.05, 0) is 43.3 Å². The molecule has 27 heavy (non-hydrogen) atoms. The monoisotopic (exact) mass is 392 g/mol. The van der Waals surface area contributed by atoms with Gasteiger partial charge in [0.1, 0.15) is 12.4 Å². The fourth-order valence-corrected chi connectivity index (χ4v) is 3.43. The van der Waals surface area contributed by atoms with Crippen molar-refractivity contribution in [2.45, 2.75) is 24.7 Å². The lowest BCUT2D eigenvalue weighted by Gasteiger charge is -2.13. The van der Waals surface area contributed by atoms with Crippen molar-refractivity contribution in [3.63, 3.8) is 0 Å². The molecule has 1 unspecified atom stereocenters. The molecule has 0 radical (unpaired) electrons. The van der Waals surface area contributed by atoms with Gasteiger partial charge in [0.25, 0.3) is 0 Å². The Labute approximate surface area is 159 Å². The number of aliphatic hydroxyl groups excluding tert-OH is 1. The number of nitrogens with zero attached hydrogens (tertiary/aromatic N) is 2. The van der Waals surface area contributed by atoms with Crippen LogP contribution in [0.15, 0.2) is 53.7 Å². The number of benzene rings is 2. The maximum absolute atomic E-state index is 13.4. The molecule has 0 aliphatic carbocycles. The first-order valence-electron chi connectivity index (χ1n) is 8.25. The molecule has 8 heteroatoms. The predicted molar refractivity (Wildman–Crippen MR) is 99.7 cm³/mol. The number of Topliss-reactive ketones (excluding diaryl/α,β-unsaturated/α-hetero) is 1. The van der Waals surface area contributed by atoms with Gasteiger partial charge in [0.2, 0.25) is 0 Å². The number of carbonyl (C=O) groups is 1. The number of alkyl halides is 2. The summed E-state index contributed by atoms with van der Waals surface area (Å²) in [5.41, 5.74) is 1.41. The summed E-state index contributed by atoms with van der Waals surface area (Å²) in [4.78, 5) is 15.5. The van der Waals surface area contributed by atoms with E-state index in [4.69, 9.17) is 4.74 Å². The molecule has 0 saturated carbocycles. The van der Waals surface area contributed by atoms with Crippen molar-refractivity contribution in [1.29, 1.82) is 0 Å². The van der Waals surface area contributed by atoms with E-state index < -0.39 is 12.7 Å². The fraction of sp³-hybridized carbons (Fsp3) is 0.263. The van der Waals surface area contributed by atoms with E-state index in [1.807, 2.05) is 0 Å². The second-order valence-corrected chi connectivity index (χ2v) is 6.87. The molecule has 1 heterocycles. The molecule has 0 bridgehead atoms. The van der Waals surface area contributed by atoms with Crippen LogP contribution in [-0.2, 0) is 0 Å². The van der Waals surface area contributed by atoms with Crippen LogP contribution < -0.4 is 4.74 Å². The van der Waals surface area contributed by atoms with Gasteiger partial charge in [-0.3, -0.25) is 9.36 Å². The average Bonchev–Trinajstić information content (AvgIpc) is 3.03. The van der Waals surface area contributed by atoms with Crippen molar-refractivity contribution in [2.24, 2.45) is 0 Å². The van der Waals surface area contributed by atoms with Gasteiger partial charge in [-0.2, -0.15) is 8.78 Å². The first-order chi connectivity index (χ1) is 13.0. The number of aliphatic hydroxyl groups is 1. The highest BCUT2D eigenvalue weighted by Crippen LogP contribution is 2.29. The Hall–Kier alpha value is -2.45. The Bertz CT molecular complexity index is 928. The largest absolute Gasteiger partial charge is 0.491 e. The van der Waals surface area contributed by atoms with Crippen molar-refractivity contribution in [3.8, 4) is 5.75 Å². The van der Waals surface area contributed by atoms with Crippen LogP contribution >= 0.6 is 11.8 Å². The Morgan fingerprint density at radius 1 is 1.22 bits per heavy atom. The van der Waals surface area contributed by atoms with Gasteiger partial charge in [0, 0.05) is 11.3 Å². The van der Waals surface area contributed by atoms with Gasteiger partial charge in [0.15, 0.2) is 10.9 Å². The normalized spacial score (nSPS) is 12.5. The molecule has 142 valence electrons. The van der Waals surface area contributed by atoms with E-state index in [9.17, 15) is 18.7 Å². The molecule has 0 aliphatic heterocycles. The molecule has 1 atom stereocenters. The molecular weight excluding hydrogens is 374 g/mol. The predicted octanol–water partition coefficient (Wildman–Crippen LogP) is 4.17. The van der Waals surface area contributed by atoms with Gasteiger partial charge >= 0.3 is 6.55 Å². The second-order valence-electron chi connectivity index (χ2n) is 5.89. The maximum Gasteiger partial charge on any atom is 0.321 e. The van der Waals surface area contributed by atoms with Crippen LogP contribution in [0.2, 0.25) is 0 Å². The second kappa shape index (κ2) is 8.49. The molecule has 0 amide bonds. The van der Waals surface area contributed by atoms with Crippen LogP contribution in [0.3, 0.4) is 0 Å². The summed E-state index contributed by atoms with van der Waals surface area (Å²) >= 11 is 1.05. The van der Waals surface area contributed by atoms with Gasteiger partial charge in [-0.15, -0.1) is 0 Å². The lowest BCUT2D eigenvalue weighted by Crippen LogP contribution is -2.20. The van der Waals surface area contributed by atoms with E-state index in [0.717, 1.165) is 16.3 Å². The van der Waals surface area contributed by atoms with Crippen molar-refractivity contribution < 1.29 is 23.4 Å². The van der Waals surface area contributed by atoms with Crippen LogP contribution in [0.4, 0.5) is 8.78 Å². The van der Waals surface area contributed by atoms with Gasteiger partial charge in [0.05, 0.1) is 17.1 Å². The lowest BCUT2D eigenvalue weighted by atomic mass is 10.1. The number of carbonyl (C=O) groups excluding carboxylic acids is 1. The highest BCUT2D eigenvalue weighted by atomic mass is 32.2. The third-order valence-electron chi connectivity index (χ3n) is 3.87. The number of rotatable bonds is 8. The highest BCUT2D eigenvalue weighted by molar-refractivity contribution is 7.99. The van der Waals surface area contributed by atoms with E-state index in [0.29, 0.717) is 22.3 Å². The number of ether oxygens (including phenoxy) is 1. The van der Waals surface area contributed by atoms with Gasteiger partial charge in [-0.1, -0.05) is 23.9 Å². The zero-order valence-corrected chi connectivity index (χ0v) is 15.3. The molecule has 0 saturated heterocycles. The smallest absolute Gasteiger partial charge is 0.321 e. The summed E-state index contributed by atoms with van der Waals surface area (Å²) in [6.45, 7) is -1.24. The van der Waals surface area contributed by atoms with E-state index in [2.05, 4.69) is 4.98 Å². The zero-order chi connectivity index (χ0) is 19.4. The molecule has 0 spiro atoms. The minimum atomic E-state index is -2.71. The van der Waals surface area contributed by atoms with Crippen molar-refractivity contribution >= 4 is 28.6 Å². The Balaban J connectivity index is 1.59. The SMILES string of the molecule is CC(=O)c1ccc(OCC(O)CSc2nc3ccccc3n2C(F)F)cc1. The summed E-state index contributed by atoms with van der Waals surface area (Å²) in [5.74, 6) is 0.630. The minimum absolute atomic E-state index is 0.00131. The van der Waals surface area contributed by atoms with E-state index in [-0.39, 0.29) is 23.3 Å². The summed E-state index contributed by atoms with van der Waals surface area (Å²) in [6.07, 6.45) is -0.867. The summed E-state index contributed by atoms with van der Waals surface area (Å²) in [7, 11) is 0. The minimum Gasteiger partial charge on any atom is -0.491 e. The molecule has 3 rings (SSSR count).